The van der Waals surface area contributed by atoms with Crippen LogP contribution in [0.3, 0.4) is 0 Å². The van der Waals surface area contributed by atoms with Crippen LogP contribution in [-0.2, 0) is 0 Å². The van der Waals surface area contributed by atoms with E-state index < -0.39 is 5.82 Å². The largest absolute Gasteiger partial charge is 0.358 e. The lowest BCUT2D eigenvalue weighted by Crippen LogP contribution is -1.94. The van der Waals surface area contributed by atoms with Crippen LogP contribution in [0.15, 0.2) is 41.4 Å². The van der Waals surface area contributed by atoms with Gasteiger partial charge in [-0.15, -0.1) is 0 Å². The van der Waals surface area contributed by atoms with Crippen molar-refractivity contribution in [3.05, 3.63) is 58.0 Å². The molecule has 0 saturated heterocycles. The van der Waals surface area contributed by atoms with Gasteiger partial charge in [-0.3, -0.25) is 4.79 Å². The molecule has 0 amide bonds. The molecule has 112 valence electrons. The van der Waals surface area contributed by atoms with E-state index in [-0.39, 0.29) is 5.56 Å². The van der Waals surface area contributed by atoms with Crippen molar-refractivity contribution in [1.29, 1.82) is 0 Å². The first-order valence-corrected chi connectivity index (χ1v) is 7.80. The van der Waals surface area contributed by atoms with Gasteiger partial charge in [0.2, 0.25) is 0 Å². The number of rotatable bonds is 4. The first kappa shape index (κ1) is 15.2. The number of hydrogen-bond acceptors (Lipinski definition) is 3. The molecule has 3 aromatic rings. The molecule has 0 radical (unpaired) electrons. The summed E-state index contributed by atoms with van der Waals surface area (Å²) in [7, 11) is 0. The summed E-state index contributed by atoms with van der Waals surface area (Å²) in [6, 6.07) is 8.13. The minimum absolute atomic E-state index is 0.0240. The zero-order valence-corrected chi connectivity index (χ0v) is 13.3. The molecule has 0 saturated carbocycles. The predicted octanol–water partition coefficient (Wildman–Crippen LogP) is 5.55. The van der Waals surface area contributed by atoms with Crippen LogP contribution < -0.4 is 4.72 Å². The molecular formula is C15H9Cl2FN2OS. The average molecular weight is 355 g/mol. The molecule has 1 heterocycles. The summed E-state index contributed by atoms with van der Waals surface area (Å²) in [5, 5.41) is 1.75. The highest BCUT2D eigenvalue weighted by Gasteiger charge is 2.12. The Kier molecular flexibility index (Phi) is 4.29. The van der Waals surface area contributed by atoms with E-state index >= 15 is 0 Å². The Bertz CT molecular complexity index is 866. The number of anilines is 1. The molecule has 0 aliphatic rings. The number of aromatic amines is 1. The third kappa shape index (κ3) is 2.67. The van der Waals surface area contributed by atoms with Crippen molar-refractivity contribution in [2.75, 3.05) is 4.72 Å². The molecule has 0 spiro atoms. The van der Waals surface area contributed by atoms with Gasteiger partial charge in [-0.05, 0) is 36.2 Å². The second kappa shape index (κ2) is 6.20. The molecule has 0 unspecified atom stereocenters. The summed E-state index contributed by atoms with van der Waals surface area (Å²) in [4.78, 5) is 14.1. The van der Waals surface area contributed by atoms with E-state index in [2.05, 4.69) is 9.71 Å². The summed E-state index contributed by atoms with van der Waals surface area (Å²) in [5.41, 5.74) is 1.47. The van der Waals surface area contributed by atoms with Gasteiger partial charge in [0.25, 0.3) is 0 Å². The molecule has 22 heavy (non-hydrogen) atoms. The number of fused-ring (bicyclic) bond motifs is 1. The van der Waals surface area contributed by atoms with Crippen LogP contribution in [0.1, 0.15) is 10.4 Å². The number of nitrogens with one attached hydrogen (secondary N) is 2. The fraction of sp³-hybridized carbons (Fsp3) is 0. The Morgan fingerprint density at radius 1 is 1.18 bits per heavy atom. The average Bonchev–Trinajstić information content (AvgIpc) is 2.91. The lowest BCUT2D eigenvalue weighted by atomic mass is 10.2. The third-order valence-electron chi connectivity index (χ3n) is 3.13. The van der Waals surface area contributed by atoms with E-state index in [1.165, 1.54) is 6.07 Å². The quantitative estimate of drug-likeness (QED) is 0.477. The molecule has 0 bridgehead atoms. The fourth-order valence-corrected chi connectivity index (χ4v) is 3.36. The summed E-state index contributed by atoms with van der Waals surface area (Å²) < 4.78 is 17.1. The number of carbonyl (C=O) groups is 1. The molecule has 3 nitrogen and oxygen atoms in total. The van der Waals surface area contributed by atoms with Gasteiger partial charge in [0, 0.05) is 11.6 Å². The lowest BCUT2D eigenvalue weighted by Gasteiger charge is -2.09. The number of hydrogen-bond donors (Lipinski definition) is 2. The molecule has 2 aromatic carbocycles. The first-order chi connectivity index (χ1) is 10.6. The van der Waals surface area contributed by atoms with Crippen molar-refractivity contribution < 1.29 is 9.18 Å². The van der Waals surface area contributed by atoms with Crippen LogP contribution in [0.4, 0.5) is 10.1 Å². The van der Waals surface area contributed by atoms with Gasteiger partial charge in [0.05, 0.1) is 31.7 Å². The highest BCUT2D eigenvalue weighted by atomic mass is 35.5. The molecule has 0 aliphatic carbocycles. The molecule has 1 aromatic heterocycles. The predicted molar refractivity (Wildman–Crippen MR) is 89.6 cm³/mol. The van der Waals surface area contributed by atoms with Gasteiger partial charge in [-0.25, -0.2) is 4.39 Å². The van der Waals surface area contributed by atoms with E-state index in [1.54, 1.807) is 30.5 Å². The van der Waals surface area contributed by atoms with Gasteiger partial charge < -0.3 is 9.71 Å². The van der Waals surface area contributed by atoms with Crippen LogP contribution in [0, 0.1) is 5.82 Å². The maximum Gasteiger partial charge on any atom is 0.153 e. The number of aromatic nitrogens is 1. The first-order valence-electron chi connectivity index (χ1n) is 6.23. The maximum absolute atomic E-state index is 14.0. The van der Waals surface area contributed by atoms with Crippen LogP contribution >= 0.6 is 35.1 Å². The maximum atomic E-state index is 14.0. The minimum atomic E-state index is -0.551. The molecule has 0 fully saturated rings. The SMILES string of the molecule is O=Cc1cccc(SNc2ccc(Cl)c3c(Cl)c[nH]c23)c1F. The van der Waals surface area contributed by atoms with Crippen LogP contribution in [0.5, 0.6) is 0 Å². The van der Waals surface area contributed by atoms with Gasteiger partial charge in [0.1, 0.15) is 5.82 Å². The Morgan fingerprint density at radius 2 is 2.00 bits per heavy atom. The Morgan fingerprint density at radius 3 is 2.77 bits per heavy atom. The summed E-state index contributed by atoms with van der Waals surface area (Å²) in [6.07, 6.45) is 2.13. The van der Waals surface area contributed by atoms with Gasteiger partial charge >= 0.3 is 0 Å². The van der Waals surface area contributed by atoms with Crippen molar-refractivity contribution in [2.24, 2.45) is 0 Å². The van der Waals surface area contributed by atoms with Crippen molar-refractivity contribution in [3.63, 3.8) is 0 Å². The summed E-state index contributed by atoms with van der Waals surface area (Å²) >= 11 is 13.3. The molecule has 2 N–H and O–H groups in total. The van der Waals surface area contributed by atoms with E-state index in [4.69, 9.17) is 23.2 Å². The van der Waals surface area contributed by atoms with E-state index in [1.807, 2.05) is 0 Å². The van der Waals surface area contributed by atoms with Crippen LogP contribution in [0.25, 0.3) is 10.9 Å². The zero-order chi connectivity index (χ0) is 15.7. The zero-order valence-electron chi connectivity index (χ0n) is 11.0. The monoisotopic (exact) mass is 354 g/mol. The number of carbonyl (C=O) groups excluding carboxylic acids is 1. The Balaban J connectivity index is 1.92. The van der Waals surface area contributed by atoms with E-state index in [9.17, 15) is 9.18 Å². The number of benzene rings is 2. The van der Waals surface area contributed by atoms with Crippen LogP contribution in [-0.4, -0.2) is 11.3 Å². The fourth-order valence-electron chi connectivity index (χ4n) is 2.06. The molecule has 0 aliphatic heterocycles. The van der Waals surface area contributed by atoms with E-state index in [0.717, 1.165) is 17.5 Å². The van der Waals surface area contributed by atoms with Gasteiger partial charge in [-0.2, -0.15) is 0 Å². The second-order valence-electron chi connectivity index (χ2n) is 4.46. The number of aldehydes is 1. The minimum Gasteiger partial charge on any atom is -0.358 e. The van der Waals surface area contributed by atoms with Gasteiger partial charge in [-0.1, -0.05) is 29.3 Å². The molecule has 3 rings (SSSR count). The smallest absolute Gasteiger partial charge is 0.153 e. The number of halogens is 3. The third-order valence-corrected chi connectivity index (χ3v) is 4.60. The molecular weight excluding hydrogens is 346 g/mol. The lowest BCUT2D eigenvalue weighted by molar-refractivity contribution is 0.111. The number of H-pyrrole nitrogens is 1. The van der Waals surface area contributed by atoms with Crippen molar-refractivity contribution in [3.8, 4) is 0 Å². The molecule has 7 heteroatoms. The Hall–Kier alpha value is -1.69. The van der Waals surface area contributed by atoms with E-state index in [0.29, 0.717) is 32.3 Å². The van der Waals surface area contributed by atoms with Crippen LogP contribution in [0.2, 0.25) is 10.0 Å². The highest BCUT2D eigenvalue weighted by Crippen LogP contribution is 2.36. The molecule has 0 atom stereocenters. The normalized spacial score (nSPS) is 10.9. The highest BCUT2D eigenvalue weighted by molar-refractivity contribution is 8.00. The van der Waals surface area contributed by atoms with Crippen molar-refractivity contribution in [1.82, 2.24) is 4.98 Å². The van der Waals surface area contributed by atoms with Gasteiger partial charge in [0.15, 0.2) is 6.29 Å². The summed E-state index contributed by atoms with van der Waals surface area (Å²) in [5.74, 6) is -0.551. The topological polar surface area (TPSA) is 44.9 Å². The Labute approximate surface area is 139 Å². The summed E-state index contributed by atoms with van der Waals surface area (Å²) in [6.45, 7) is 0. The second-order valence-corrected chi connectivity index (χ2v) is 6.13. The van der Waals surface area contributed by atoms with Crippen molar-refractivity contribution >= 4 is 58.0 Å². The standard InChI is InChI=1S/C15H9Cl2FN2OS/c16-9-4-5-11(15-13(9)10(17)6-19-15)20-22-12-3-1-2-8(7-21)14(12)18/h1-7,19-20H. The van der Waals surface area contributed by atoms with Crippen molar-refractivity contribution in [2.45, 2.75) is 4.90 Å².